The van der Waals surface area contributed by atoms with E-state index in [4.69, 9.17) is 15.2 Å². The SMILES string of the molecule is CCOC(=O)c1cnn2c(N)c(-c3c(OC)ccc4ccccc34)cnc12. The molecule has 0 amide bonds. The van der Waals surface area contributed by atoms with Crippen molar-refractivity contribution in [3.05, 3.63) is 54.4 Å². The number of nitrogen functional groups attached to an aromatic ring is 1. The topological polar surface area (TPSA) is 91.7 Å². The van der Waals surface area contributed by atoms with Crippen LogP contribution in [0.1, 0.15) is 17.3 Å². The van der Waals surface area contributed by atoms with E-state index < -0.39 is 5.97 Å². The van der Waals surface area contributed by atoms with Gasteiger partial charge in [-0.05, 0) is 23.8 Å². The highest BCUT2D eigenvalue weighted by atomic mass is 16.5. The third-order valence-electron chi connectivity index (χ3n) is 4.44. The first-order valence-corrected chi connectivity index (χ1v) is 8.51. The van der Waals surface area contributed by atoms with Crippen LogP contribution in [0.25, 0.3) is 27.5 Å². The number of benzene rings is 2. The molecule has 2 aromatic heterocycles. The third-order valence-corrected chi connectivity index (χ3v) is 4.44. The summed E-state index contributed by atoms with van der Waals surface area (Å²) in [5, 5.41) is 6.28. The standard InChI is InChI=1S/C20H18N4O3/c1-3-27-20(25)15-11-23-24-18(21)14(10-22-19(15)24)17-13-7-5-4-6-12(13)8-9-16(17)26-2/h4-11H,3,21H2,1-2H3. The van der Waals surface area contributed by atoms with Crippen LogP contribution in [-0.2, 0) is 4.74 Å². The number of nitrogens with two attached hydrogens (primary N) is 1. The number of hydrogen-bond donors (Lipinski definition) is 1. The van der Waals surface area contributed by atoms with Gasteiger partial charge in [0.15, 0.2) is 5.65 Å². The van der Waals surface area contributed by atoms with E-state index in [2.05, 4.69) is 10.1 Å². The van der Waals surface area contributed by atoms with Crippen LogP contribution in [0, 0.1) is 0 Å². The van der Waals surface area contributed by atoms with Crippen molar-refractivity contribution in [1.82, 2.24) is 14.6 Å². The lowest BCUT2D eigenvalue weighted by Gasteiger charge is -2.14. The van der Waals surface area contributed by atoms with E-state index >= 15 is 0 Å². The summed E-state index contributed by atoms with van der Waals surface area (Å²) in [6.45, 7) is 2.02. The van der Waals surface area contributed by atoms with Crippen LogP contribution in [0.5, 0.6) is 5.75 Å². The molecule has 27 heavy (non-hydrogen) atoms. The predicted octanol–water partition coefficient (Wildman–Crippen LogP) is 3.32. The quantitative estimate of drug-likeness (QED) is 0.560. The summed E-state index contributed by atoms with van der Waals surface area (Å²) in [6.07, 6.45) is 3.06. The van der Waals surface area contributed by atoms with Gasteiger partial charge in [-0.3, -0.25) is 0 Å². The molecule has 0 bridgehead atoms. The number of fused-ring (bicyclic) bond motifs is 2. The van der Waals surface area contributed by atoms with Gasteiger partial charge in [-0.1, -0.05) is 30.3 Å². The number of hydrogen-bond acceptors (Lipinski definition) is 6. The lowest BCUT2D eigenvalue weighted by atomic mass is 9.98. The van der Waals surface area contributed by atoms with Crippen LogP contribution < -0.4 is 10.5 Å². The van der Waals surface area contributed by atoms with Gasteiger partial charge < -0.3 is 15.2 Å². The fourth-order valence-electron chi connectivity index (χ4n) is 3.19. The molecular formula is C20H18N4O3. The Balaban J connectivity index is 1.97. The summed E-state index contributed by atoms with van der Waals surface area (Å²) in [4.78, 5) is 16.5. The van der Waals surface area contributed by atoms with Crippen LogP contribution in [0.15, 0.2) is 48.8 Å². The van der Waals surface area contributed by atoms with Crippen LogP contribution in [0.3, 0.4) is 0 Å². The van der Waals surface area contributed by atoms with Crippen molar-refractivity contribution >= 4 is 28.2 Å². The molecule has 2 N–H and O–H groups in total. The van der Waals surface area contributed by atoms with Crippen molar-refractivity contribution in [2.75, 3.05) is 19.5 Å². The lowest BCUT2D eigenvalue weighted by molar-refractivity contribution is 0.0528. The maximum absolute atomic E-state index is 12.1. The van der Waals surface area contributed by atoms with E-state index in [1.165, 1.54) is 10.7 Å². The first kappa shape index (κ1) is 16.8. The molecule has 0 aliphatic rings. The molecule has 0 radical (unpaired) electrons. The molecule has 0 spiro atoms. The maximum Gasteiger partial charge on any atom is 0.343 e. The minimum absolute atomic E-state index is 0.275. The molecule has 2 aromatic carbocycles. The van der Waals surface area contributed by atoms with Gasteiger partial charge in [0.1, 0.15) is 17.1 Å². The van der Waals surface area contributed by atoms with Crippen LogP contribution in [-0.4, -0.2) is 34.3 Å². The Labute approximate surface area is 155 Å². The summed E-state index contributed by atoms with van der Waals surface area (Å²) in [5.41, 5.74) is 8.54. The van der Waals surface area contributed by atoms with Crippen molar-refractivity contribution in [2.45, 2.75) is 6.92 Å². The number of rotatable bonds is 4. The van der Waals surface area contributed by atoms with Crippen molar-refractivity contribution in [3.8, 4) is 16.9 Å². The highest BCUT2D eigenvalue weighted by Crippen LogP contribution is 2.39. The second kappa shape index (κ2) is 6.60. The van der Waals surface area contributed by atoms with E-state index in [1.54, 1.807) is 20.2 Å². The van der Waals surface area contributed by atoms with Crippen molar-refractivity contribution in [1.29, 1.82) is 0 Å². The minimum atomic E-state index is -0.477. The summed E-state index contributed by atoms with van der Waals surface area (Å²) in [7, 11) is 1.61. The van der Waals surface area contributed by atoms with Crippen LogP contribution in [0.4, 0.5) is 5.82 Å². The molecule has 136 valence electrons. The maximum atomic E-state index is 12.1. The molecule has 0 aliphatic heterocycles. The fourth-order valence-corrected chi connectivity index (χ4v) is 3.19. The van der Waals surface area contributed by atoms with Gasteiger partial charge >= 0.3 is 5.97 Å². The summed E-state index contributed by atoms with van der Waals surface area (Å²) >= 11 is 0. The van der Waals surface area contributed by atoms with Gasteiger partial charge in [0.25, 0.3) is 0 Å². The average Bonchev–Trinajstić information content (AvgIpc) is 3.13. The Morgan fingerprint density at radius 1 is 1.19 bits per heavy atom. The van der Waals surface area contributed by atoms with Crippen LogP contribution >= 0.6 is 0 Å². The van der Waals surface area contributed by atoms with E-state index in [9.17, 15) is 4.79 Å². The number of carbonyl (C=O) groups is 1. The minimum Gasteiger partial charge on any atom is -0.496 e. The van der Waals surface area contributed by atoms with E-state index in [-0.39, 0.29) is 12.2 Å². The monoisotopic (exact) mass is 362 g/mol. The molecule has 7 nitrogen and oxygen atoms in total. The van der Waals surface area contributed by atoms with E-state index in [1.807, 2.05) is 36.4 Å². The second-order valence-electron chi connectivity index (χ2n) is 5.94. The zero-order valence-corrected chi connectivity index (χ0v) is 15.0. The number of carbonyl (C=O) groups excluding carboxylic acids is 1. The Bertz CT molecular complexity index is 1170. The number of esters is 1. The van der Waals surface area contributed by atoms with Crippen molar-refractivity contribution in [3.63, 3.8) is 0 Å². The van der Waals surface area contributed by atoms with Gasteiger partial charge in [0.05, 0.1) is 19.9 Å². The number of ether oxygens (including phenoxy) is 2. The molecular weight excluding hydrogens is 344 g/mol. The fraction of sp³-hybridized carbons (Fsp3) is 0.150. The zero-order valence-electron chi connectivity index (χ0n) is 15.0. The zero-order chi connectivity index (χ0) is 19.0. The molecule has 0 saturated carbocycles. The van der Waals surface area contributed by atoms with Gasteiger partial charge in [-0.15, -0.1) is 0 Å². The normalized spacial score (nSPS) is 11.0. The Kier molecular flexibility index (Phi) is 4.12. The van der Waals surface area contributed by atoms with Gasteiger partial charge in [-0.2, -0.15) is 9.61 Å². The number of methoxy groups -OCH3 is 1. The van der Waals surface area contributed by atoms with Crippen molar-refractivity contribution < 1.29 is 14.3 Å². The summed E-state index contributed by atoms with van der Waals surface area (Å²) < 4.78 is 12.1. The Morgan fingerprint density at radius 3 is 2.78 bits per heavy atom. The number of aromatic nitrogens is 3. The number of anilines is 1. The molecule has 0 unspecified atom stereocenters. The first-order valence-electron chi connectivity index (χ1n) is 8.51. The lowest BCUT2D eigenvalue weighted by Crippen LogP contribution is -2.07. The summed E-state index contributed by atoms with van der Waals surface area (Å²) in [5.74, 6) is 0.569. The molecule has 0 atom stereocenters. The molecule has 0 aliphatic carbocycles. The smallest absolute Gasteiger partial charge is 0.343 e. The summed E-state index contributed by atoms with van der Waals surface area (Å²) in [6, 6.07) is 11.8. The molecule has 0 fully saturated rings. The van der Waals surface area contributed by atoms with Gasteiger partial charge in [0, 0.05) is 17.3 Å². The third kappa shape index (κ3) is 2.64. The van der Waals surface area contributed by atoms with Crippen molar-refractivity contribution in [2.24, 2.45) is 0 Å². The predicted molar refractivity (Wildman–Crippen MR) is 103 cm³/mol. The van der Waals surface area contributed by atoms with Gasteiger partial charge in [0.2, 0.25) is 0 Å². The highest BCUT2D eigenvalue weighted by molar-refractivity contribution is 6.02. The Morgan fingerprint density at radius 2 is 2.00 bits per heavy atom. The molecule has 7 heteroatoms. The number of nitrogens with zero attached hydrogens (tertiary/aromatic N) is 3. The van der Waals surface area contributed by atoms with E-state index in [0.29, 0.717) is 22.8 Å². The average molecular weight is 362 g/mol. The second-order valence-corrected chi connectivity index (χ2v) is 5.94. The highest BCUT2D eigenvalue weighted by Gasteiger charge is 2.20. The molecule has 2 heterocycles. The molecule has 0 saturated heterocycles. The largest absolute Gasteiger partial charge is 0.496 e. The molecule has 4 aromatic rings. The van der Waals surface area contributed by atoms with Gasteiger partial charge in [-0.25, -0.2) is 9.78 Å². The van der Waals surface area contributed by atoms with E-state index in [0.717, 1.165) is 16.3 Å². The Hall–Kier alpha value is -3.61. The first-order chi connectivity index (χ1) is 13.2. The van der Waals surface area contributed by atoms with Crippen LogP contribution in [0.2, 0.25) is 0 Å². The molecule has 4 rings (SSSR count).